The molecule has 0 unspecified atom stereocenters. The van der Waals surface area contributed by atoms with Crippen LogP contribution in [0.15, 0.2) is 53.6 Å². The van der Waals surface area contributed by atoms with E-state index in [1.807, 2.05) is 18.2 Å². The summed E-state index contributed by atoms with van der Waals surface area (Å²) in [6.45, 7) is 0.635. The van der Waals surface area contributed by atoms with Crippen molar-refractivity contribution in [3.8, 4) is 22.5 Å². The summed E-state index contributed by atoms with van der Waals surface area (Å²) in [6, 6.07) is 12.3. The van der Waals surface area contributed by atoms with Gasteiger partial charge in [0.1, 0.15) is 0 Å². The highest BCUT2D eigenvalue weighted by Gasteiger charge is 2.20. The van der Waals surface area contributed by atoms with E-state index < -0.39 is 10.0 Å². The lowest BCUT2D eigenvalue weighted by Gasteiger charge is -2.11. The zero-order chi connectivity index (χ0) is 19.9. The Kier molecular flexibility index (Phi) is 4.52. The van der Waals surface area contributed by atoms with E-state index in [1.165, 1.54) is 18.4 Å². The van der Waals surface area contributed by atoms with Crippen LogP contribution in [-0.2, 0) is 16.4 Å². The molecule has 0 aliphatic carbocycles. The second-order valence-corrected chi connectivity index (χ2v) is 8.97. The molecule has 1 aliphatic heterocycles. The van der Waals surface area contributed by atoms with Gasteiger partial charge in [-0.3, -0.25) is 9.78 Å². The first-order chi connectivity index (χ1) is 13.4. The molecule has 2 aromatic heterocycles. The number of carbonyl (C=O) groups excluding carboxylic acids is 1. The molecule has 4 rings (SSSR count). The Labute approximate surface area is 163 Å². The van der Waals surface area contributed by atoms with Gasteiger partial charge < -0.3 is 10.3 Å². The van der Waals surface area contributed by atoms with Gasteiger partial charge in [0.2, 0.25) is 10.0 Å². The Bertz CT molecular complexity index is 1150. The Morgan fingerprint density at radius 1 is 1.04 bits per heavy atom. The number of pyridine rings is 1. The van der Waals surface area contributed by atoms with Gasteiger partial charge in [-0.1, -0.05) is 12.1 Å². The lowest BCUT2D eigenvalue weighted by atomic mass is 10.1. The van der Waals surface area contributed by atoms with Crippen LogP contribution in [0.3, 0.4) is 0 Å². The number of nitrogens with zero attached hydrogens (tertiary/aromatic N) is 2. The third-order valence-electron chi connectivity index (χ3n) is 4.80. The molecular weight excluding hydrogens is 376 g/mol. The van der Waals surface area contributed by atoms with E-state index in [0.717, 1.165) is 34.6 Å². The van der Waals surface area contributed by atoms with Crippen LogP contribution in [0, 0.1) is 0 Å². The van der Waals surface area contributed by atoms with Crippen LogP contribution in [-0.4, -0.2) is 49.2 Å². The fourth-order valence-electron chi connectivity index (χ4n) is 3.21. The fraction of sp³-hybridized carbons (Fsp3) is 0.200. The number of fused-ring (bicyclic) bond motifs is 1. The summed E-state index contributed by atoms with van der Waals surface area (Å²) in [5, 5.41) is 2.84. The molecule has 8 heteroatoms. The van der Waals surface area contributed by atoms with E-state index >= 15 is 0 Å². The highest BCUT2D eigenvalue weighted by Crippen LogP contribution is 2.27. The van der Waals surface area contributed by atoms with Crippen LogP contribution in [0.4, 0.5) is 0 Å². The van der Waals surface area contributed by atoms with E-state index in [1.54, 1.807) is 30.5 Å². The van der Waals surface area contributed by atoms with Gasteiger partial charge >= 0.3 is 0 Å². The number of nitrogens with one attached hydrogen (secondary N) is 2. The summed E-state index contributed by atoms with van der Waals surface area (Å²) in [5.74, 6) is -0.0595. The number of hydrogen-bond donors (Lipinski definition) is 2. The van der Waals surface area contributed by atoms with Gasteiger partial charge in [-0.25, -0.2) is 12.7 Å². The smallest absolute Gasteiger partial charge is 0.253 e. The monoisotopic (exact) mass is 396 g/mol. The molecule has 0 spiro atoms. The molecule has 28 heavy (non-hydrogen) atoms. The Morgan fingerprint density at radius 3 is 2.46 bits per heavy atom. The van der Waals surface area contributed by atoms with Gasteiger partial charge in [0, 0.05) is 55.8 Å². The average Bonchev–Trinajstić information content (AvgIpc) is 3.14. The minimum Gasteiger partial charge on any atom is -0.358 e. The number of H-pyrrole nitrogens is 1. The molecule has 0 atom stereocenters. The van der Waals surface area contributed by atoms with E-state index in [4.69, 9.17) is 0 Å². The molecule has 7 nitrogen and oxygen atoms in total. The Morgan fingerprint density at radius 2 is 1.79 bits per heavy atom. The molecule has 0 radical (unpaired) electrons. The molecule has 144 valence electrons. The SMILES string of the molecule is CN(C)S(=O)(=O)c1ccc(-c2cc(-c3cc4c([nH]3)CCNC4=O)ccn2)cc1. The van der Waals surface area contributed by atoms with Crippen molar-refractivity contribution in [3.05, 3.63) is 59.9 Å². The topological polar surface area (TPSA) is 95.2 Å². The highest BCUT2D eigenvalue weighted by atomic mass is 32.2. The molecule has 1 amide bonds. The largest absolute Gasteiger partial charge is 0.358 e. The van der Waals surface area contributed by atoms with Crippen LogP contribution in [0.1, 0.15) is 16.1 Å². The maximum absolute atomic E-state index is 12.2. The molecule has 0 saturated heterocycles. The number of sulfonamides is 1. The lowest BCUT2D eigenvalue weighted by Crippen LogP contribution is -2.31. The molecular formula is C20H20N4O3S. The van der Waals surface area contributed by atoms with Crippen molar-refractivity contribution in [2.24, 2.45) is 0 Å². The van der Waals surface area contributed by atoms with Crippen LogP contribution in [0.25, 0.3) is 22.5 Å². The zero-order valence-corrected chi connectivity index (χ0v) is 16.4. The normalized spacial score (nSPS) is 14.0. The minimum absolute atomic E-state index is 0.0595. The molecule has 0 fully saturated rings. The third-order valence-corrected chi connectivity index (χ3v) is 6.63. The zero-order valence-electron chi connectivity index (χ0n) is 15.6. The second-order valence-electron chi connectivity index (χ2n) is 6.82. The highest BCUT2D eigenvalue weighted by molar-refractivity contribution is 7.89. The van der Waals surface area contributed by atoms with Crippen LogP contribution < -0.4 is 5.32 Å². The van der Waals surface area contributed by atoms with Crippen molar-refractivity contribution < 1.29 is 13.2 Å². The lowest BCUT2D eigenvalue weighted by molar-refractivity contribution is 0.0946. The molecule has 3 aromatic rings. The summed E-state index contributed by atoms with van der Waals surface area (Å²) in [5.41, 5.74) is 4.93. The third kappa shape index (κ3) is 3.21. The fourth-order valence-corrected chi connectivity index (χ4v) is 4.12. The summed E-state index contributed by atoms with van der Waals surface area (Å²) in [7, 11) is -0.455. The summed E-state index contributed by atoms with van der Waals surface area (Å²) >= 11 is 0. The van der Waals surface area contributed by atoms with Gasteiger partial charge in [0.15, 0.2) is 0 Å². The van der Waals surface area contributed by atoms with Gasteiger partial charge in [-0.05, 0) is 30.3 Å². The van der Waals surface area contributed by atoms with Gasteiger partial charge in [0.25, 0.3) is 5.91 Å². The van der Waals surface area contributed by atoms with Crippen LogP contribution in [0.2, 0.25) is 0 Å². The van der Waals surface area contributed by atoms with Crippen molar-refractivity contribution in [2.45, 2.75) is 11.3 Å². The number of rotatable bonds is 4. The molecule has 0 bridgehead atoms. The van der Waals surface area contributed by atoms with Crippen LogP contribution >= 0.6 is 0 Å². The van der Waals surface area contributed by atoms with E-state index in [-0.39, 0.29) is 10.8 Å². The Hall–Kier alpha value is -2.97. The van der Waals surface area contributed by atoms with Crippen molar-refractivity contribution in [1.29, 1.82) is 0 Å². The van der Waals surface area contributed by atoms with Gasteiger partial charge in [-0.2, -0.15) is 0 Å². The standard InChI is InChI=1S/C20H20N4O3S/c1-24(2)28(26,27)15-5-3-13(4-6-15)18-11-14(7-9-21-18)19-12-16-17(23-19)8-10-22-20(16)25/h3-7,9,11-12,23H,8,10H2,1-2H3,(H,22,25). The second kappa shape index (κ2) is 6.88. The van der Waals surface area contributed by atoms with Crippen molar-refractivity contribution >= 4 is 15.9 Å². The van der Waals surface area contributed by atoms with Crippen molar-refractivity contribution in [1.82, 2.24) is 19.6 Å². The number of amides is 1. The van der Waals surface area contributed by atoms with Crippen molar-refractivity contribution in [3.63, 3.8) is 0 Å². The number of hydrogen-bond acceptors (Lipinski definition) is 4. The molecule has 2 N–H and O–H groups in total. The maximum Gasteiger partial charge on any atom is 0.253 e. The Balaban J connectivity index is 1.67. The summed E-state index contributed by atoms with van der Waals surface area (Å²) in [4.78, 5) is 20.0. The maximum atomic E-state index is 12.2. The van der Waals surface area contributed by atoms with Crippen molar-refractivity contribution in [2.75, 3.05) is 20.6 Å². The summed E-state index contributed by atoms with van der Waals surface area (Å²) in [6.07, 6.45) is 2.48. The molecule has 3 heterocycles. The predicted octanol–water partition coefficient (Wildman–Crippen LogP) is 2.28. The first-order valence-electron chi connectivity index (χ1n) is 8.86. The first kappa shape index (κ1) is 18.4. The molecule has 1 aromatic carbocycles. The average molecular weight is 396 g/mol. The van der Waals surface area contributed by atoms with Gasteiger partial charge in [0.05, 0.1) is 16.2 Å². The minimum atomic E-state index is -3.46. The van der Waals surface area contributed by atoms with E-state index in [2.05, 4.69) is 15.3 Å². The van der Waals surface area contributed by atoms with Crippen LogP contribution in [0.5, 0.6) is 0 Å². The van der Waals surface area contributed by atoms with E-state index in [9.17, 15) is 13.2 Å². The predicted molar refractivity (Wildman–Crippen MR) is 106 cm³/mol. The quantitative estimate of drug-likeness (QED) is 0.707. The van der Waals surface area contributed by atoms with E-state index in [0.29, 0.717) is 12.1 Å². The molecule has 1 aliphatic rings. The molecule has 0 saturated carbocycles. The van der Waals surface area contributed by atoms with Gasteiger partial charge in [-0.15, -0.1) is 0 Å². The first-order valence-corrected chi connectivity index (χ1v) is 10.3. The summed E-state index contributed by atoms with van der Waals surface area (Å²) < 4.78 is 25.6. The number of benzene rings is 1. The number of aromatic nitrogens is 2. The number of aromatic amines is 1. The number of carbonyl (C=O) groups is 1.